The van der Waals surface area contributed by atoms with E-state index in [-0.39, 0.29) is 5.43 Å². The van der Waals surface area contributed by atoms with E-state index in [1.54, 1.807) is 11.3 Å². The summed E-state index contributed by atoms with van der Waals surface area (Å²) in [6.45, 7) is 6.42. The fourth-order valence-electron chi connectivity index (χ4n) is 2.44. The van der Waals surface area contributed by atoms with Crippen molar-refractivity contribution in [1.82, 2.24) is 0 Å². The molecule has 0 fully saturated rings. The van der Waals surface area contributed by atoms with Gasteiger partial charge in [0.05, 0.1) is 0 Å². The molecule has 96 valence electrons. The SMILES string of the molecule is Cc1cc(C(C)C)cc2c(=O)c3ccccc3sc12. The van der Waals surface area contributed by atoms with Gasteiger partial charge in [-0.05, 0) is 42.2 Å². The topological polar surface area (TPSA) is 17.1 Å². The lowest BCUT2D eigenvalue weighted by Crippen LogP contribution is -2.03. The van der Waals surface area contributed by atoms with Gasteiger partial charge in [-0.3, -0.25) is 4.79 Å². The van der Waals surface area contributed by atoms with Gasteiger partial charge in [-0.1, -0.05) is 32.0 Å². The Morgan fingerprint density at radius 1 is 1.05 bits per heavy atom. The second-order valence-electron chi connectivity index (χ2n) is 5.30. The molecule has 0 aliphatic heterocycles. The van der Waals surface area contributed by atoms with Crippen LogP contribution in [-0.4, -0.2) is 0 Å². The normalized spacial score (nSPS) is 11.6. The Morgan fingerprint density at radius 2 is 1.79 bits per heavy atom. The van der Waals surface area contributed by atoms with Gasteiger partial charge in [0, 0.05) is 20.2 Å². The first-order valence-electron chi connectivity index (χ1n) is 6.54. The monoisotopic (exact) mass is 268 g/mol. The van der Waals surface area contributed by atoms with E-state index < -0.39 is 0 Å². The molecular weight excluding hydrogens is 252 g/mol. The largest absolute Gasteiger partial charge is 0.289 e. The van der Waals surface area contributed by atoms with E-state index in [1.165, 1.54) is 11.1 Å². The van der Waals surface area contributed by atoms with Crippen LogP contribution < -0.4 is 5.43 Å². The Morgan fingerprint density at radius 3 is 2.53 bits per heavy atom. The minimum atomic E-state index is 0.162. The second kappa shape index (κ2) is 4.46. The summed E-state index contributed by atoms with van der Waals surface area (Å²) in [5.74, 6) is 0.443. The maximum absolute atomic E-state index is 12.6. The van der Waals surface area contributed by atoms with Crippen LogP contribution in [0.25, 0.3) is 20.2 Å². The summed E-state index contributed by atoms with van der Waals surface area (Å²) in [5.41, 5.74) is 2.61. The Labute approximate surface area is 116 Å². The highest BCUT2D eigenvalue weighted by molar-refractivity contribution is 7.24. The minimum absolute atomic E-state index is 0.162. The van der Waals surface area contributed by atoms with Gasteiger partial charge in [-0.2, -0.15) is 0 Å². The van der Waals surface area contributed by atoms with Crippen LogP contribution in [0.15, 0.2) is 41.2 Å². The highest BCUT2D eigenvalue weighted by Crippen LogP contribution is 2.30. The zero-order valence-electron chi connectivity index (χ0n) is 11.4. The van der Waals surface area contributed by atoms with Crippen LogP contribution in [0.4, 0.5) is 0 Å². The van der Waals surface area contributed by atoms with Crippen molar-refractivity contribution in [1.29, 1.82) is 0 Å². The van der Waals surface area contributed by atoms with Crippen molar-refractivity contribution < 1.29 is 0 Å². The minimum Gasteiger partial charge on any atom is -0.289 e. The van der Waals surface area contributed by atoms with Crippen LogP contribution in [0.1, 0.15) is 30.9 Å². The van der Waals surface area contributed by atoms with Gasteiger partial charge in [-0.15, -0.1) is 11.3 Å². The molecule has 1 heterocycles. The van der Waals surface area contributed by atoms with E-state index in [4.69, 9.17) is 0 Å². The molecule has 0 bridgehead atoms. The van der Waals surface area contributed by atoms with Gasteiger partial charge in [0.2, 0.25) is 0 Å². The molecule has 0 unspecified atom stereocenters. The zero-order chi connectivity index (χ0) is 13.6. The molecule has 1 nitrogen and oxygen atoms in total. The first kappa shape index (κ1) is 12.4. The number of fused-ring (bicyclic) bond motifs is 2. The maximum Gasteiger partial charge on any atom is 0.195 e. The smallest absolute Gasteiger partial charge is 0.195 e. The number of hydrogen-bond donors (Lipinski definition) is 0. The molecule has 19 heavy (non-hydrogen) atoms. The molecule has 0 saturated heterocycles. The van der Waals surface area contributed by atoms with Crippen molar-refractivity contribution in [2.45, 2.75) is 26.7 Å². The molecule has 3 rings (SSSR count). The average Bonchev–Trinajstić information content (AvgIpc) is 2.40. The summed E-state index contributed by atoms with van der Waals surface area (Å²) in [6, 6.07) is 12.1. The maximum atomic E-state index is 12.6. The van der Waals surface area contributed by atoms with Crippen LogP contribution in [-0.2, 0) is 0 Å². The van der Waals surface area contributed by atoms with Gasteiger partial charge in [-0.25, -0.2) is 0 Å². The second-order valence-corrected chi connectivity index (χ2v) is 6.35. The van der Waals surface area contributed by atoms with Crippen molar-refractivity contribution in [2.75, 3.05) is 0 Å². The Kier molecular flexibility index (Phi) is 2.90. The van der Waals surface area contributed by atoms with Crippen LogP contribution >= 0.6 is 11.3 Å². The predicted molar refractivity (Wildman–Crippen MR) is 84.4 cm³/mol. The highest BCUT2D eigenvalue weighted by atomic mass is 32.1. The fourth-order valence-corrected chi connectivity index (χ4v) is 3.56. The number of aryl methyl sites for hydroxylation is 1. The van der Waals surface area contributed by atoms with E-state index in [0.29, 0.717) is 5.92 Å². The lowest BCUT2D eigenvalue weighted by molar-refractivity contribution is 0.867. The summed E-state index contributed by atoms with van der Waals surface area (Å²) in [5, 5.41) is 1.70. The summed E-state index contributed by atoms with van der Waals surface area (Å²) >= 11 is 1.71. The van der Waals surface area contributed by atoms with Crippen LogP contribution in [0.3, 0.4) is 0 Å². The van der Waals surface area contributed by atoms with Gasteiger partial charge < -0.3 is 0 Å². The van der Waals surface area contributed by atoms with E-state index in [0.717, 1.165) is 20.2 Å². The fraction of sp³-hybridized carbons (Fsp3) is 0.235. The molecule has 0 atom stereocenters. The molecule has 0 saturated carbocycles. The van der Waals surface area contributed by atoms with Gasteiger partial charge in [0.15, 0.2) is 5.43 Å². The van der Waals surface area contributed by atoms with Crippen molar-refractivity contribution in [3.63, 3.8) is 0 Å². The molecule has 0 N–H and O–H groups in total. The summed E-state index contributed by atoms with van der Waals surface area (Å²) in [4.78, 5) is 12.6. The Bertz CT molecular complexity index is 828. The molecule has 0 aliphatic rings. The quantitative estimate of drug-likeness (QED) is 0.577. The van der Waals surface area contributed by atoms with E-state index >= 15 is 0 Å². The van der Waals surface area contributed by atoms with Crippen LogP contribution in [0, 0.1) is 6.92 Å². The third-order valence-corrected chi connectivity index (χ3v) is 4.87. The van der Waals surface area contributed by atoms with Gasteiger partial charge in [0.25, 0.3) is 0 Å². The predicted octanol–water partition coefficient (Wildman–Crippen LogP) is 4.85. The van der Waals surface area contributed by atoms with Crippen molar-refractivity contribution in [3.8, 4) is 0 Å². The lowest BCUT2D eigenvalue weighted by Gasteiger charge is -2.10. The standard InChI is InChI=1S/C17H16OS/c1-10(2)12-8-11(3)17-14(9-12)16(18)13-6-4-5-7-15(13)19-17/h4-10H,1-3H3. The number of hydrogen-bond acceptors (Lipinski definition) is 2. The van der Waals surface area contributed by atoms with Crippen LogP contribution in [0.2, 0.25) is 0 Å². The molecule has 0 radical (unpaired) electrons. The van der Waals surface area contributed by atoms with Gasteiger partial charge in [0.1, 0.15) is 0 Å². The molecule has 3 aromatic rings. The van der Waals surface area contributed by atoms with Gasteiger partial charge >= 0.3 is 0 Å². The highest BCUT2D eigenvalue weighted by Gasteiger charge is 2.10. The number of rotatable bonds is 1. The first-order chi connectivity index (χ1) is 9.08. The van der Waals surface area contributed by atoms with Crippen molar-refractivity contribution in [2.24, 2.45) is 0 Å². The summed E-state index contributed by atoms with van der Waals surface area (Å²) < 4.78 is 2.19. The zero-order valence-corrected chi connectivity index (χ0v) is 12.2. The summed E-state index contributed by atoms with van der Waals surface area (Å²) in [6.07, 6.45) is 0. The van der Waals surface area contributed by atoms with Crippen molar-refractivity contribution >= 4 is 31.5 Å². The molecule has 2 heteroatoms. The Balaban J connectivity index is 2.52. The van der Waals surface area contributed by atoms with Crippen molar-refractivity contribution in [3.05, 3.63) is 57.7 Å². The third-order valence-electron chi connectivity index (χ3n) is 3.55. The van der Waals surface area contributed by atoms with E-state index in [9.17, 15) is 4.79 Å². The molecular formula is C17H16OS. The number of benzene rings is 2. The lowest BCUT2D eigenvalue weighted by atomic mass is 9.99. The average molecular weight is 268 g/mol. The molecule has 0 spiro atoms. The molecule has 1 aromatic heterocycles. The molecule has 0 aliphatic carbocycles. The third kappa shape index (κ3) is 1.96. The van der Waals surface area contributed by atoms with Crippen LogP contribution in [0.5, 0.6) is 0 Å². The molecule has 2 aromatic carbocycles. The first-order valence-corrected chi connectivity index (χ1v) is 7.35. The van der Waals surface area contributed by atoms with E-state index in [2.05, 4.69) is 32.9 Å². The Hall–Kier alpha value is -1.67. The molecule has 0 amide bonds. The summed E-state index contributed by atoms with van der Waals surface area (Å²) in [7, 11) is 0. The van der Waals surface area contributed by atoms with E-state index in [1.807, 2.05) is 24.3 Å².